The maximum atomic E-state index is 11.8. The number of rotatable bonds is 4. The number of carbonyl (C=O) groups excluding carboxylic acids is 1. The number of hydrogen-bond donors (Lipinski definition) is 2. The molecule has 1 aromatic heterocycles. The van der Waals surface area contributed by atoms with Crippen LogP contribution >= 0.6 is 11.3 Å². The van der Waals surface area contributed by atoms with E-state index in [1.165, 1.54) is 5.56 Å². The van der Waals surface area contributed by atoms with Crippen LogP contribution in [0.1, 0.15) is 17.9 Å². The number of urea groups is 1. The minimum atomic E-state index is -0.535. The molecule has 7 nitrogen and oxygen atoms in total. The van der Waals surface area contributed by atoms with E-state index in [1.807, 2.05) is 30.3 Å². The maximum Gasteiger partial charge on any atom is 0.345 e. The summed E-state index contributed by atoms with van der Waals surface area (Å²) in [6.07, 6.45) is 2.03. The third-order valence-corrected chi connectivity index (χ3v) is 4.09. The van der Waals surface area contributed by atoms with Crippen LogP contribution in [0.4, 0.5) is 14.9 Å². The predicted octanol–water partition coefficient (Wildman–Crippen LogP) is 2.73. The van der Waals surface area contributed by atoms with Crippen LogP contribution in [0.2, 0.25) is 0 Å². The second-order valence-corrected chi connectivity index (χ2v) is 5.73. The van der Waals surface area contributed by atoms with Gasteiger partial charge in [0.2, 0.25) is 0 Å². The Morgan fingerprint density at radius 1 is 1.38 bits per heavy atom. The predicted molar refractivity (Wildman–Crippen MR) is 78.5 cm³/mol. The molecule has 1 aromatic carbocycles. The fourth-order valence-electron chi connectivity index (χ4n) is 2.13. The van der Waals surface area contributed by atoms with Gasteiger partial charge in [0.05, 0.1) is 4.92 Å². The molecule has 2 aromatic rings. The van der Waals surface area contributed by atoms with Gasteiger partial charge in [-0.3, -0.25) is 15.4 Å². The van der Waals surface area contributed by atoms with Gasteiger partial charge >= 0.3 is 11.0 Å². The van der Waals surface area contributed by atoms with Crippen molar-refractivity contribution in [2.24, 2.45) is 0 Å². The Morgan fingerprint density at radius 3 is 2.81 bits per heavy atom. The van der Waals surface area contributed by atoms with Gasteiger partial charge in [0.15, 0.2) is 5.13 Å². The molecule has 1 aliphatic rings. The van der Waals surface area contributed by atoms with Gasteiger partial charge in [-0.15, -0.1) is 0 Å². The molecule has 3 rings (SSSR count). The number of amides is 2. The Balaban J connectivity index is 1.52. The maximum absolute atomic E-state index is 11.8. The van der Waals surface area contributed by atoms with E-state index >= 15 is 0 Å². The first-order valence-electron chi connectivity index (χ1n) is 6.36. The Morgan fingerprint density at radius 2 is 2.14 bits per heavy atom. The van der Waals surface area contributed by atoms with E-state index in [9.17, 15) is 14.9 Å². The van der Waals surface area contributed by atoms with E-state index in [1.54, 1.807) is 0 Å². The van der Waals surface area contributed by atoms with E-state index in [-0.39, 0.29) is 22.2 Å². The van der Waals surface area contributed by atoms with Crippen LogP contribution in [0.25, 0.3) is 0 Å². The molecule has 108 valence electrons. The van der Waals surface area contributed by atoms with Crippen LogP contribution in [0.3, 0.4) is 0 Å². The number of carbonyl (C=O) groups is 1. The number of nitrogens with zero attached hydrogens (tertiary/aromatic N) is 2. The molecule has 0 bridgehead atoms. The molecule has 2 N–H and O–H groups in total. The highest BCUT2D eigenvalue weighted by molar-refractivity contribution is 7.18. The van der Waals surface area contributed by atoms with E-state index < -0.39 is 4.92 Å². The van der Waals surface area contributed by atoms with Crippen LogP contribution in [-0.2, 0) is 0 Å². The monoisotopic (exact) mass is 304 g/mol. The molecule has 1 heterocycles. The molecule has 0 radical (unpaired) electrons. The molecule has 0 unspecified atom stereocenters. The molecule has 1 saturated carbocycles. The molecule has 0 aliphatic heterocycles. The third-order valence-electron chi connectivity index (χ3n) is 3.23. The number of aromatic nitrogens is 1. The van der Waals surface area contributed by atoms with Crippen molar-refractivity contribution in [3.8, 4) is 0 Å². The molecule has 1 aliphatic carbocycles. The first kappa shape index (κ1) is 13.5. The highest BCUT2D eigenvalue weighted by Gasteiger charge is 2.39. The number of nitro groups is 1. The summed E-state index contributed by atoms with van der Waals surface area (Å²) in [5, 5.41) is 16.0. The van der Waals surface area contributed by atoms with Gasteiger partial charge in [-0.05, 0) is 23.3 Å². The number of thiazole rings is 1. The Kier molecular flexibility index (Phi) is 3.53. The zero-order valence-corrected chi connectivity index (χ0v) is 11.7. The average molecular weight is 304 g/mol. The van der Waals surface area contributed by atoms with Crippen LogP contribution < -0.4 is 10.6 Å². The van der Waals surface area contributed by atoms with Crippen molar-refractivity contribution < 1.29 is 9.72 Å². The average Bonchev–Trinajstić information content (AvgIpc) is 3.06. The molecule has 1 fully saturated rings. The van der Waals surface area contributed by atoms with E-state index in [0.29, 0.717) is 5.92 Å². The zero-order valence-electron chi connectivity index (χ0n) is 10.9. The molecule has 0 spiro atoms. The first-order valence-corrected chi connectivity index (χ1v) is 7.18. The summed E-state index contributed by atoms with van der Waals surface area (Å²) in [7, 11) is 0. The minimum Gasteiger partial charge on any atom is -0.334 e. The van der Waals surface area contributed by atoms with Gasteiger partial charge in [0.1, 0.15) is 6.20 Å². The standard InChI is InChI=1S/C13H12N4O3S/c18-12(16-13-14-7-11(21-13)17(19)20)15-10-6-9(10)8-4-2-1-3-5-8/h1-5,7,9-10H,6H2,(H2,14,15,16,18)/t9-,10-/m1/s1. The fraction of sp³-hybridized carbons (Fsp3) is 0.231. The van der Waals surface area contributed by atoms with Crippen molar-refractivity contribution in [1.82, 2.24) is 10.3 Å². The lowest BCUT2D eigenvalue weighted by Crippen LogP contribution is -2.31. The van der Waals surface area contributed by atoms with Gasteiger partial charge in [-0.2, -0.15) is 0 Å². The zero-order chi connectivity index (χ0) is 14.8. The van der Waals surface area contributed by atoms with Gasteiger partial charge in [-0.25, -0.2) is 9.78 Å². The van der Waals surface area contributed by atoms with Crippen molar-refractivity contribution in [2.45, 2.75) is 18.4 Å². The minimum absolute atomic E-state index is 0.0983. The third kappa shape index (κ3) is 3.16. The normalized spacial score (nSPS) is 19.8. The topological polar surface area (TPSA) is 97.2 Å². The van der Waals surface area contributed by atoms with Crippen LogP contribution in [0, 0.1) is 10.1 Å². The molecule has 8 heteroatoms. The lowest BCUT2D eigenvalue weighted by Gasteiger charge is -2.04. The molecule has 2 amide bonds. The van der Waals surface area contributed by atoms with Crippen molar-refractivity contribution in [3.05, 3.63) is 52.2 Å². The summed E-state index contributed by atoms with van der Waals surface area (Å²) in [4.78, 5) is 25.6. The second-order valence-electron chi connectivity index (χ2n) is 4.72. The van der Waals surface area contributed by atoms with Gasteiger partial charge < -0.3 is 5.32 Å². The summed E-state index contributed by atoms with van der Waals surface area (Å²) >= 11 is 0.832. The van der Waals surface area contributed by atoms with E-state index in [4.69, 9.17) is 0 Å². The Labute approximate surface area is 124 Å². The quantitative estimate of drug-likeness (QED) is 0.670. The molecule has 2 atom stereocenters. The smallest absolute Gasteiger partial charge is 0.334 e. The number of anilines is 1. The molecule has 0 saturated heterocycles. The SMILES string of the molecule is O=C(Nc1ncc([N+](=O)[O-])s1)N[C@@H]1C[C@@H]1c1ccccc1. The highest BCUT2D eigenvalue weighted by Crippen LogP contribution is 2.40. The summed E-state index contributed by atoms with van der Waals surface area (Å²) in [6.45, 7) is 0. The lowest BCUT2D eigenvalue weighted by atomic mass is 10.1. The van der Waals surface area contributed by atoms with Crippen molar-refractivity contribution in [2.75, 3.05) is 5.32 Å². The summed E-state index contributed by atoms with van der Waals surface area (Å²) in [5.41, 5.74) is 1.20. The van der Waals surface area contributed by atoms with Gasteiger partial charge in [0, 0.05) is 12.0 Å². The van der Waals surface area contributed by atoms with Crippen LogP contribution in [0.5, 0.6) is 0 Å². The van der Waals surface area contributed by atoms with Gasteiger partial charge in [0.25, 0.3) is 0 Å². The van der Waals surface area contributed by atoms with Crippen molar-refractivity contribution in [1.29, 1.82) is 0 Å². The van der Waals surface area contributed by atoms with Crippen LogP contribution in [-0.4, -0.2) is 22.0 Å². The lowest BCUT2D eigenvalue weighted by molar-refractivity contribution is -0.380. The van der Waals surface area contributed by atoms with E-state index in [0.717, 1.165) is 24.0 Å². The molecular weight excluding hydrogens is 292 g/mol. The summed E-state index contributed by atoms with van der Waals surface area (Å²) < 4.78 is 0. The highest BCUT2D eigenvalue weighted by atomic mass is 32.1. The summed E-state index contributed by atoms with van der Waals surface area (Å²) in [6, 6.07) is 9.68. The summed E-state index contributed by atoms with van der Waals surface area (Å²) in [5.74, 6) is 0.336. The molecule has 21 heavy (non-hydrogen) atoms. The second kappa shape index (κ2) is 5.49. The number of benzene rings is 1. The fourth-order valence-corrected chi connectivity index (χ4v) is 2.76. The van der Waals surface area contributed by atoms with Crippen molar-refractivity contribution in [3.63, 3.8) is 0 Å². The molecular formula is C13H12N4O3S. The number of hydrogen-bond acceptors (Lipinski definition) is 5. The number of nitrogens with one attached hydrogen (secondary N) is 2. The Hall–Kier alpha value is -2.48. The van der Waals surface area contributed by atoms with Gasteiger partial charge in [-0.1, -0.05) is 30.3 Å². The first-order chi connectivity index (χ1) is 10.1. The van der Waals surface area contributed by atoms with E-state index in [2.05, 4.69) is 15.6 Å². The van der Waals surface area contributed by atoms with Crippen molar-refractivity contribution >= 4 is 27.5 Å². The van der Waals surface area contributed by atoms with Crippen LogP contribution in [0.15, 0.2) is 36.5 Å². The largest absolute Gasteiger partial charge is 0.345 e. The Bertz CT molecular complexity index is 673.